The summed E-state index contributed by atoms with van der Waals surface area (Å²) in [5, 5.41) is 9.10. The number of carboxylic acid groups (broad SMARTS) is 1. The maximum atomic E-state index is 12.6. The molecule has 0 saturated carbocycles. The molecule has 1 aliphatic rings. The standard InChI is InChI=1S/C13H17N3O5/c1-20-10-9(11(21-2)15-7-14-10)12(17)16-5-3-4-8(6-16)13(18)19/h7-8H,3-6H2,1-2H3,(H,18,19). The summed E-state index contributed by atoms with van der Waals surface area (Å²) in [5.74, 6) is -1.59. The van der Waals surface area contributed by atoms with E-state index >= 15 is 0 Å². The largest absolute Gasteiger partial charge is 0.481 e. The van der Waals surface area contributed by atoms with Gasteiger partial charge >= 0.3 is 5.97 Å². The van der Waals surface area contributed by atoms with Gasteiger partial charge in [-0.05, 0) is 12.8 Å². The molecule has 2 heterocycles. The number of carboxylic acids is 1. The Balaban J connectivity index is 2.29. The molecule has 21 heavy (non-hydrogen) atoms. The van der Waals surface area contributed by atoms with E-state index < -0.39 is 11.9 Å². The number of rotatable bonds is 4. The highest BCUT2D eigenvalue weighted by molar-refractivity contribution is 5.98. The van der Waals surface area contributed by atoms with Gasteiger partial charge in [-0.1, -0.05) is 0 Å². The van der Waals surface area contributed by atoms with Gasteiger partial charge in [-0.2, -0.15) is 0 Å². The normalized spacial score (nSPS) is 18.2. The third kappa shape index (κ3) is 3.04. The summed E-state index contributed by atoms with van der Waals surface area (Å²) >= 11 is 0. The second kappa shape index (κ2) is 6.38. The number of nitrogens with zero attached hydrogens (tertiary/aromatic N) is 3. The Kier molecular flexibility index (Phi) is 4.56. The van der Waals surface area contributed by atoms with Gasteiger partial charge in [0.25, 0.3) is 5.91 Å². The Morgan fingerprint density at radius 1 is 1.29 bits per heavy atom. The third-order valence-corrected chi connectivity index (χ3v) is 3.44. The molecular weight excluding hydrogens is 278 g/mol. The van der Waals surface area contributed by atoms with Crippen molar-refractivity contribution >= 4 is 11.9 Å². The van der Waals surface area contributed by atoms with Crippen LogP contribution in [0, 0.1) is 5.92 Å². The molecule has 2 rings (SSSR count). The van der Waals surface area contributed by atoms with Crippen LogP contribution >= 0.6 is 0 Å². The molecule has 1 amide bonds. The molecule has 1 aromatic heterocycles. The minimum atomic E-state index is -0.893. The van der Waals surface area contributed by atoms with E-state index in [1.807, 2.05) is 0 Å². The maximum Gasteiger partial charge on any atom is 0.308 e. The quantitative estimate of drug-likeness (QED) is 0.859. The van der Waals surface area contributed by atoms with Crippen LogP contribution in [0.1, 0.15) is 23.2 Å². The number of carbonyl (C=O) groups excluding carboxylic acids is 1. The predicted octanol–water partition coefficient (Wildman–Crippen LogP) is 0.431. The minimum Gasteiger partial charge on any atom is -0.481 e. The molecule has 1 unspecified atom stereocenters. The maximum absolute atomic E-state index is 12.6. The first-order valence-corrected chi connectivity index (χ1v) is 6.53. The Bertz CT molecular complexity index is 526. The number of carbonyl (C=O) groups is 2. The predicted molar refractivity (Wildman–Crippen MR) is 71.4 cm³/mol. The Morgan fingerprint density at radius 2 is 1.90 bits per heavy atom. The molecule has 1 aromatic rings. The lowest BCUT2D eigenvalue weighted by Gasteiger charge is -2.31. The van der Waals surface area contributed by atoms with Crippen LogP contribution in [0.4, 0.5) is 0 Å². The van der Waals surface area contributed by atoms with Crippen LogP contribution < -0.4 is 9.47 Å². The molecule has 0 radical (unpaired) electrons. The van der Waals surface area contributed by atoms with Crippen LogP contribution in [0.25, 0.3) is 0 Å². The van der Waals surface area contributed by atoms with Crippen molar-refractivity contribution in [3.8, 4) is 11.8 Å². The lowest BCUT2D eigenvalue weighted by atomic mass is 9.98. The highest BCUT2D eigenvalue weighted by Crippen LogP contribution is 2.27. The highest BCUT2D eigenvalue weighted by Gasteiger charge is 2.32. The van der Waals surface area contributed by atoms with E-state index in [9.17, 15) is 9.59 Å². The lowest BCUT2D eigenvalue weighted by molar-refractivity contribution is -0.143. The topological polar surface area (TPSA) is 102 Å². The molecular formula is C13H17N3O5. The number of aromatic nitrogens is 2. The Labute approximate surface area is 121 Å². The van der Waals surface area contributed by atoms with Crippen LogP contribution in [0.2, 0.25) is 0 Å². The molecule has 1 saturated heterocycles. The first-order valence-electron chi connectivity index (χ1n) is 6.53. The average molecular weight is 295 g/mol. The van der Waals surface area contributed by atoms with Gasteiger partial charge in [0.1, 0.15) is 6.33 Å². The van der Waals surface area contributed by atoms with Crippen LogP contribution in [0.3, 0.4) is 0 Å². The van der Waals surface area contributed by atoms with E-state index in [0.29, 0.717) is 19.4 Å². The summed E-state index contributed by atoms with van der Waals surface area (Å²) in [4.78, 5) is 33.0. The SMILES string of the molecule is COc1ncnc(OC)c1C(=O)N1CCCC(C(=O)O)C1. The molecule has 0 aromatic carbocycles. The smallest absolute Gasteiger partial charge is 0.308 e. The monoisotopic (exact) mass is 295 g/mol. The van der Waals surface area contributed by atoms with E-state index in [-0.39, 0.29) is 29.8 Å². The summed E-state index contributed by atoms with van der Waals surface area (Å²) in [5.41, 5.74) is 0.119. The zero-order chi connectivity index (χ0) is 15.4. The fraction of sp³-hybridized carbons (Fsp3) is 0.538. The van der Waals surface area contributed by atoms with Crippen LogP contribution in [-0.4, -0.2) is 59.2 Å². The Morgan fingerprint density at radius 3 is 2.43 bits per heavy atom. The Hall–Kier alpha value is -2.38. The summed E-state index contributed by atoms with van der Waals surface area (Å²) in [6.45, 7) is 0.652. The van der Waals surface area contributed by atoms with Crippen molar-refractivity contribution in [1.82, 2.24) is 14.9 Å². The minimum absolute atomic E-state index is 0.115. The van der Waals surface area contributed by atoms with Gasteiger partial charge in [-0.15, -0.1) is 0 Å². The van der Waals surface area contributed by atoms with E-state index in [1.165, 1.54) is 25.4 Å². The third-order valence-electron chi connectivity index (χ3n) is 3.44. The van der Waals surface area contributed by atoms with Gasteiger partial charge in [0.15, 0.2) is 5.56 Å². The van der Waals surface area contributed by atoms with E-state index in [0.717, 1.165) is 0 Å². The molecule has 114 valence electrons. The first-order chi connectivity index (χ1) is 10.1. The second-order valence-electron chi connectivity index (χ2n) is 4.70. The average Bonchev–Trinajstić information content (AvgIpc) is 2.53. The van der Waals surface area contributed by atoms with E-state index in [2.05, 4.69) is 9.97 Å². The second-order valence-corrected chi connectivity index (χ2v) is 4.70. The molecule has 0 bridgehead atoms. The van der Waals surface area contributed by atoms with Crippen molar-refractivity contribution in [2.75, 3.05) is 27.3 Å². The fourth-order valence-electron chi connectivity index (χ4n) is 2.37. The van der Waals surface area contributed by atoms with E-state index in [4.69, 9.17) is 14.6 Å². The van der Waals surface area contributed by atoms with Crippen LogP contribution in [0.15, 0.2) is 6.33 Å². The van der Waals surface area contributed by atoms with Crippen molar-refractivity contribution in [3.05, 3.63) is 11.9 Å². The van der Waals surface area contributed by atoms with E-state index in [1.54, 1.807) is 0 Å². The summed E-state index contributed by atoms with van der Waals surface area (Å²) in [6.07, 6.45) is 2.45. The van der Waals surface area contributed by atoms with Gasteiger partial charge in [-0.25, -0.2) is 9.97 Å². The van der Waals surface area contributed by atoms with Gasteiger partial charge < -0.3 is 19.5 Å². The molecule has 0 spiro atoms. The number of methoxy groups -OCH3 is 2. The number of hydrogen-bond donors (Lipinski definition) is 1. The van der Waals surface area contributed by atoms with Crippen LogP contribution in [0.5, 0.6) is 11.8 Å². The number of piperidine rings is 1. The lowest BCUT2D eigenvalue weighted by Crippen LogP contribution is -2.42. The number of hydrogen-bond acceptors (Lipinski definition) is 6. The molecule has 1 N–H and O–H groups in total. The van der Waals surface area contributed by atoms with Gasteiger partial charge in [0, 0.05) is 13.1 Å². The molecule has 8 heteroatoms. The van der Waals surface area contributed by atoms with Crippen molar-refractivity contribution in [2.24, 2.45) is 5.92 Å². The number of ether oxygens (including phenoxy) is 2. The van der Waals surface area contributed by atoms with Gasteiger partial charge in [0.2, 0.25) is 11.8 Å². The van der Waals surface area contributed by atoms with Crippen molar-refractivity contribution in [2.45, 2.75) is 12.8 Å². The fourth-order valence-corrected chi connectivity index (χ4v) is 2.37. The number of amides is 1. The molecule has 8 nitrogen and oxygen atoms in total. The van der Waals surface area contributed by atoms with Crippen molar-refractivity contribution < 1.29 is 24.2 Å². The number of aliphatic carboxylic acids is 1. The molecule has 0 aliphatic carbocycles. The number of likely N-dealkylation sites (tertiary alicyclic amines) is 1. The van der Waals surface area contributed by atoms with Crippen molar-refractivity contribution in [3.63, 3.8) is 0 Å². The molecule has 1 aliphatic heterocycles. The van der Waals surface area contributed by atoms with Gasteiger partial charge in [0.05, 0.1) is 20.1 Å². The summed E-state index contributed by atoms with van der Waals surface area (Å²) in [7, 11) is 2.80. The first kappa shape index (κ1) is 15.0. The zero-order valence-electron chi connectivity index (χ0n) is 11.9. The zero-order valence-corrected chi connectivity index (χ0v) is 11.9. The van der Waals surface area contributed by atoms with Crippen LogP contribution in [-0.2, 0) is 4.79 Å². The van der Waals surface area contributed by atoms with Crippen molar-refractivity contribution in [1.29, 1.82) is 0 Å². The molecule has 1 atom stereocenters. The summed E-state index contributed by atoms with van der Waals surface area (Å²) in [6, 6.07) is 0. The highest BCUT2D eigenvalue weighted by atomic mass is 16.5. The van der Waals surface area contributed by atoms with Gasteiger partial charge in [-0.3, -0.25) is 9.59 Å². The summed E-state index contributed by atoms with van der Waals surface area (Å²) < 4.78 is 10.2. The molecule has 1 fully saturated rings.